The van der Waals surface area contributed by atoms with E-state index in [0.29, 0.717) is 22.7 Å². The largest absolute Gasteiger partial charge is 0.399 e. The molecule has 1 aromatic carbocycles. The van der Waals surface area contributed by atoms with Gasteiger partial charge in [-0.3, -0.25) is 0 Å². The Kier molecular flexibility index (Phi) is 5.36. The third kappa shape index (κ3) is 4.12. The second-order valence-corrected chi connectivity index (χ2v) is 7.91. The van der Waals surface area contributed by atoms with Crippen LogP contribution in [0.15, 0.2) is 18.2 Å². The van der Waals surface area contributed by atoms with Crippen molar-refractivity contribution in [2.45, 2.75) is 44.6 Å². The summed E-state index contributed by atoms with van der Waals surface area (Å²) in [5.74, 6) is 1.72. The number of nitrogens with one attached hydrogen (secondary N) is 2. The van der Waals surface area contributed by atoms with E-state index in [4.69, 9.17) is 27.3 Å². The Hall–Kier alpha value is -2.05. The fourth-order valence-corrected chi connectivity index (χ4v) is 4.35. The van der Waals surface area contributed by atoms with Crippen LogP contribution in [0.5, 0.6) is 0 Å². The molecule has 1 fully saturated rings. The summed E-state index contributed by atoms with van der Waals surface area (Å²) in [4.78, 5) is 12.2. The van der Waals surface area contributed by atoms with Gasteiger partial charge in [0.05, 0.1) is 5.69 Å². The molecule has 4 rings (SSSR count). The van der Waals surface area contributed by atoms with Crippen molar-refractivity contribution in [2.75, 3.05) is 36.1 Å². The first-order chi connectivity index (χ1) is 13.1. The third-order valence-electron chi connectivity index (χ3n) is 5.47. The van der Waals surface area contributed by atoms with E-state index < -0.39 is 0 Å². The molecule has 2 heterocycles. The zero-order valence-corrected chi connectivity index (χ0v) is 16.5. The highest BCUT2D eigenvalue weighted by Crippen LogP contribution is 2.32. The standard InChI is InChI=1S/C20H27ClN6/c1-23-15-5-4-8-27(12-15)19-17-6-2-3-7-18(17)25-20(26-19)24-16-10-13(21)9-14(22)11-16/h9-11,15,23H,2-8,12,22H2,1H3,(H,24,25,26)/t15-/m1/s1. The number of nitrogen functional groups attached to an aromatic ring is 1. The van der Waals surface area contributed by atoms with E-state index in [9.17, 15) is 0 Å². The average molecular weight is 387 g/mol. The molecule has 1 atom stereocenters. The molecule has 2 aliphatic rings. The summed E-state index contributed by atoms with van der Waals surface area (Å²) in [6.45, 7) is 2.04. The minimum absolute atomic E-state index is 0.511. The molecule has 1 saturated heterocycles. The van der Waals surface area contributed by atoms with E-state index in [2.05, 4.69) is 15.5 Å². The van der Waals surface area contributed by atoms with Crippen molar-refractivity contribution in [3.8, 4) is 0 Å². The minimum Gasteiger partial charge on any atom is -0.399 e. The van der Waals surface area contributed by atoms with Gasteiger partial charge in [0.2, 0.25) is 5.95 Å². The Bertz CT molecular complexity index is 804. The number of benzene rings is 1. The highest BCUT2D eigenvalue weighted by Gasteiger charge is 2.25. The van der Waals surface area contributed by atoms with Gasteiger partial charge in [-0.15, -0.1) is 0 Å². The molecule has 1 aromatic heterocycles. The lowest BCUT2D eigenvalue weighted by molar-refractivity contribution is 0.446. The number of fused-ring (bicyclic) bond motifs is 1. The maximum absolute atomic E-state index is 6.14. The second kappa shape index (κ2) is 7.90. The lowest BCUT2D eigenvalue weighted by Crippen LogP contribution is -2.45. The summed E-state index contributed by atoms with van der Waals surface area (Å²) < 4.78 is 0. The topological polar surface area (TPSA) is 79.1 Å². The number of nitrogens with two attached hydrogens (primary N) is 1. The van der Waals surface area contributed by atoms with Crippen LogP contribution in [0.4, 0.5) is 23.1 Å². The molecule has 0 unspecified atom stereocenters. The molecule has 144 valence electrons. The Labute approximate surface area is 165 Å². The molecule has 0 radical (unpaired) electrons. The van der Waals surface area contributed by atoms with Gasteiger partial charge < -0.3 is 21.3 Å². The molecule has 7 heteroatoms. The van der Waals surface area contributed by atoms with Gasteiger partial charge in [-0.2, -0.15) is 4.98 Å². The number of nitrogens with zero attached hydrogens (tertiary/aromatic N) is 3. The number of anilines is 4. The van der Waals surface area contributed by atoms with Crippen LogP contribution in [0, 0.1) is 0 Å². The third-order valence-corrected chi connectivity index (χ3v) is 5.68. The second-order valence-electron chi connectivity index (χ2n) is 7.48. The van der Waals surface area contributed by atoms with Crippen LogP contribution in [0.2, 0.25) is 5.02 Å². The van der Waals surface area contributed by atoms with E-state index in [0.717, 1.165) is 37.4 Å². The first-order valence-corrected chi connectivity index (χ1v) is 10.2. The fourth-order valence-electron chi connectivity index (χ4n) is 4.11. The van der Waals surface area contributed by atoms with Crippen LogP contribution in [0.25, 0.3) is 0 Å². The van der Waals surface area contributed by atoms with Crippen LogP contribution in [-0.4, -0.2) is 36.1 Å². The first kappa shape index (κ1) is 18.3. The van der Waals surface area contributed by atoms with Gasteiger partial charge >= 0.3 is 0 Å². The molecule has 0 amide bonds. The number of rotatable bonds is 4. The molecule has 0 saturated carbocycles. The highest BCUT2D eigenvalue weighted by atomic mass is 35.5. The van der Waals surface area contributed by atoms with Crippen LogP contribution < -0.4 is 21.3 Å². The smallest absolute Gasteiger partial charge is 0.229 e. The molecule has 0 bridgehead atoms. The summed E-state index contributed by atoms with van der Waals surface area (Å²) in [7, 11) is 2.04. The van der Waals surface area contributed by atoms with E-state index in [-0.39, 0.29) is 0 Å². The molecular formula is C20H27ClN6. The van der Waals surface area contributed by atoms with Crippen molar-refractivity contribution in [3.05, 3.63) is 34.5 Å². The van der Waals surface area contributed by atoms with Gasteiger partial charge in [0.1, 0.15) is 5.82 Å². The van der Waals surface area contributed by atoms with Crippen LogP contribution in [0.1, 0.15) is 36.9 Å². The Morgan fingerprint density at radius 3 is 2.81 bits per heavy atom. The quantitative estimate of drug-likeness (QED) is 0.698. The van der Waals surface area contributed by atoms with E-state index >= 15 is 0 Å². The zero-order chi connectivity index (χ0) is 18.8. The lowest BCUT2D eigenvalue weighted by atomic mass is 9.95. The molecule has 1 aliphatic carbocycles. The number of hydrogen-bond donors (Lipinski definition) is 3. The molecular weight excluding hydrogens is 360 g/mol. The van der Waals surface area contributed by atoms with Crippen LogP contribution in [-0.2, 0) is 12.8 Å². The summed E-state index contributed by atoms with van der Waals surface area (Å²) in [5, 5.41) is 7.33. The summed E-state index contributed by atoms with van der Waals surface area (Å²) >= 11 is 6.14. The van der Waals surface area contributed by atoms with Gasteiger partial charge in [0, 0.05) is 41.1 Å². The maximum Gasteiger partial charge on any atom is 0.229 e. The zero-order valence-electron chi connectivity index (χ0n) is 15.8. The Balaban J connectivity index is 1.68. The normalized spacial score (nSPS) is 19.6. The monoisotopic (exact) mass is 386 g/mol. The van der Waals surface area contributed by atoms with Crippen molar-refractivity contribution in [3.63, 3.8) is 0 Å². The number of piperidine rings is 1. The molecule has 27 heavy (non-hydrogen) atoms. The molecule has 2 aromatic rings. The molecule has 4 N–H and O–H groups in total. The summed E-state index contributed by atoms with van der Waals surface area (Å²) in [6.07, 6.45) is 6.87. The summed E-state index contributed by atoms with van der Waals surface area (Å²) in [5.41, 5.74) is 9.86. The van der Waals surface area contributed by atoms with Crippen molar-refractivity contribution < 1.29 is 0 Å². The highest BCUT2D eigenvalue weighted by molar-refractivity contribution is 6.31. The predicted molar refractivity (Wildman–Crippen MR) is 112 cm³/mol. The lowest BCUT2D eigenvalue weighted by Gasteiger charge is -2.35. The SMILES string of the molecule is CN[C@@H]1CCCN(c2nc(Nc3cc(N)cc(Cl)c3)nc3c2CCCC3)C1. The molecule has 0 spiro atoms. The number of hydrogen-bond acceptors (Lipinski definition) is 6. The Morgan fingerprint density at radius 2 is 2.00 bits per heavy atom. The van der Waals surface area contributed by atoms with Crippen LogP contribution in [0.3, 0.4) is 0 Å². The van der Waals surface area contributed by atoms with Gasteiger partial charge in [-0.1, -0.05) is 11.6 Å². The van der Waals surface area contributed by atoms with Crippen molar-refractivity contribution >= 4 is 34.7 Å². The van der Waals surface area contributed by atoms with Gasteiger partial charge in [0.25, 0.3) is 0 Å². The van der Waals surface area contributed by atoms with Crippen molar-refractivity contribution in [1.82, 2.24) is 15.3 Å². The van der Waals surface area contributed by atoms with Gasteiger partial charge in [-0.05, 0) is 63.8 Å². The minimum atomic E-state index is 0.511. The van der Waals surface area contributed by atoms with Crippen LogP contribution >= 0.6 is 11.6 Å². The Morgan fingerprint density at radius 1 is 1.15 bits per heavy atom. The van der Waals surface area contributed by atoms with Gasteiger partial charge in [0.15, 0.2) is 0 Å². The predicted octanol–water partition coefficient (Wildman–Crippen LogP) is 3.52. The van der Waals surface area contributed by atoms with Gasteiger partial charge in [-0.25, -0.2) is 4.98 Å². The van der Waals surface area contributed by atoms with E-state index in [1.54, 1.807) is 6.07 Å². The molecule has 6 nitrogen and oxygen atoms in total. The van der Waals surface area contributed by atoms with E-state index in [1.807, 2.05) is 19.2 Å². The van der Waals surface area contributed by atoms with E-state index in [1.165, 1.54) is 36.9 Å². The number of aromatic nitrogens is 2. The average Bonchev–Trinajstić information content (AvgIpc) is 2.66. The fraction of sp³-hybridized carbons (Fsp3) is 0.500. The molecule has 1 aliphatic heterocycles. The first-order valence-electron chi connectivity index (χ1n) is 9.77. The summed E-state index contributed by atoms with van der Waals surface area (Å²) in [6, 6.07) is 5.94. The van der Waals surface area contributed by atoms with Crippen molar-refractivity contribution in [2.24, 2.45) is 0 Å². The number of aryl methyl sites for hydroxylation is 1. The number of likely N-dealkylation sites (N-methyl/N-ethyl adjacent to an activating group) is 1. The maximum atomic E-state index is 6.14. The van der Waals surface area contributed by atoms with Crippen molar-refractivity contribution in [1.29, 1.82) is 0 Å². The number of halogens is 1.